The van der Waals surface area contributed by atoms with Crippen LogP contribution >= 0.6 is 0 Å². The molecule has 1 N–H and O–H groups in total. The van der Waals surface area contributed by atoms with Crippen LogP contribution in [0.25, 0.3) is 0 Å². The first-order valence-electron chi connectivity index (χ1n) is 4.47. The summed E-state index contributed by atoms with van der Waals surface area (Å²) in [5.41, 5.74) is 1.21. The molecule has 0 saturated heterocycles. The minimum Gasteiger partial charge on any atom is -0.383 e. The minimum absolute atomic E-state index is 0.337. The summed E-state index contributed by atoms with van der Waals surface area (Å²) in [5, 5.41) is 3.33. The number of ether oxygens (including phenoxy) is 1. The van der Waals surface area contributed by atoms with Gasteiger partial charge in [0.2, 0.25) is 0 Å². The van der Waals surface area contributed by atoms with Gasteiger partial charge in [-0.1, -0.05) is 6.07 Å². The van der Waals surface area contributed by atoms with Crippen LogP contribution < -0.4 is 5.32 Å². The van der Waals surface area contributed by atoms with Crippen LogP contribution in [0.15, 0.2) is 24.5 Å². The van der Waals surface area contributed by atoms with Gasteiger partial charge < -0.3 is 10.1 Å². The zero-order valence-electron chi connectivity index (χ0n) is 8.16. The van der Waals surface area contributed by atoms with Crippen molar-refractivity contribution in [3.63, 3.8) is 0 Å². The Labute approximate surface area is 79.1 Å². The van der Waals surface area contributed by atoms with Gasteiger partial charge in [0.1, 0.15) is 0 Å². The molecule has 0 aliphatic heterocycles. The summed E-state index contributed by atoms with van der Waals surface area (Å²) in [4.78, 5) is 4.06. The van der Waals surface area contributed by atoms with Crippen molar-refractivity contribution in [2.24, 2.45) is 0 Å². The zero-order chi connectivity index (χ0) is 9.52. The van der Waals surface area contributed by atoms with Crippen LogP contribution in [0.2, 0.25) is 0 Å². The maximum atomic E-state index is 4.95. The van der Waals surface area contributed by atoms with E-state index in [2.05, 4.69) is 23.3 Å². The molecule has 1 rings (SSSR count). The topological polar surface area (TPSA) is 34.1 Å². The Balaban J connectivity index is 2.35. The summed E-state index contributed by atoms with van der Waals surface area (Å²) in [7, 11) is 1.70. The van der Waals surface area contributed by atoms with Gasteiger partial charge in [-0.3, -0.25) is 4.98 Å². The van der Waals surface area contributed by atoms with Crippen LogP contribution in [0.4, 0.5) is 0 Å². The molecule has 3 nitrogen and oxygen atoms in total. The molecule has 0 radical (unpaired) electrons. The fraction of sp³-hybridized carbons (Fsp3) is 0.500. The summed E-state index contributed by atoms with van der Waals surface area (Å²) in [6.45, 7) is 3.73. The van der Waals surface area contributed by atoms with E-state index in [0.29, 0.717) is 6.04 Å². The Kier molecular flexibility index (Phi) is 4.43. The van der Waals surface area contributed by atoms with Crippen LogP contribution in [0, 0.1) is 0 Å². The summed E-state index contributed by atoms with van der Waals surface area (Å²) in [6.07, 6.45) is 3.66. The van der Waals surface area contributed by atoms with Gasteiger partial charge in [-0.15, -0.1) is 0 Å². The number of nitrogens with one attached hydrogen (secondary N) is 1. The third kappa shape index (κ3) is 3.53. The van der Waals surface area contributed by atoms with Crippen molar-refractivity contribution in [2.45, 2.75) is 13.0 Å². The molecule has 1 aromatic heterocycles. The van der Waals surface area contributed by atoms with Gasteiger partial charge >= 0.3 is 0 Å². The van der Waals surface area contributed by atoms with Crippen molar-refractivity contribution in [3.05, 3.63) is 30.1 Å². The molecule has 0 fully saturated rings. The van der Waals surface area contributed by atoms with E-state index in [1.807, 2.05) is 12.3 Å². The Hall–Kier alpha value is -0.930. The van der Waals surface area contributed by atoms with Gasteiger partial charge in [0.25, 0.3) is 0 Å². The summed E-state index contributed by atoms with van der Waals surface area (Å²) in [5.74, 6) is 0. The molecule has 13 heavy (non-hydrogen) atoms. The molecule has 1 atom stereocenters. The third-order valence-electron chi connectivity index (χ3n) is 1.94. The molecule has 0 aliphatic carbocycles. The second kappa shape index (κ2) is 5.67. The van der Waals surface area contributed by atoms with Gasteiger partial charge in [0, 0.05) is 32.1 Å². The summed E-state index contributed by atoms with van der Waals surface area (Å²) < 4.78 is 4.95. The van der Waals surface area contributed by atoms with Crippen molar-refractivity contribution < 1.29 is 4.74 Å². The van der Waals surface area contributed by atoms with Crippen molar-refractivity contribution in [1.82, 2.24) is 10.3 Å². The molecule has 0 saturated carbocycles. The van der Waals surface area contributed by atoms with Gasteiger partial charge in [0.15, 0.2) is 0 Å². The average molecular weight is 180 g/mol. The number of rotatable bonds is 5. The van der Waals surface area contributed by atoms with Crippen molar-refractivity contribution in [3.8, 4) is 0 Å². The molecule has 1 aromatic rings. The zero-order valence-corrected chi connectivity index (χ0v) is 8.16. The predicted octanol–water partition coefficient (Wildman–Crippen LogP) is 1.38. The third-order valence-corrected chi connectivity index (χ3v) is 1.94. The predicted molar refractivity (Wildman–Crippen MR) is 52.5 cm³/mol. The van der Waals surface area contributed by atoms with E-state index >= 15 is 0 Å². The number of hydrogen-bond acceptors (Lipinski definition) is 3. The number of nitrogens with zero attached hydrogens (tertiary/aromatic N) is 1. The van der Waals surface area contributed by atoms with Crippen LogP contribution in [-0.2, 0) is 4.74 Å². The summed E-state index contributed by atoms with van der Waals surface area (Å²) >= 11 is 0. The second-order valence-corrected chi connectivity index (χ2v) is 2.95. The molecular weight excluding hydrogens is 164 g/mol. The molecule has 0 spiro atoms. The normalized spacial score (nSPS) is 12.8. The lowest BCUT2D eigenvalue weighted by atomic mass is 10.1. The van der Waals surface area contributed by atoms with Crippen LogP contribution in [0.1, 0.15) is 18.5 Å². The SMILES string of the molecule is COCCNC(C)c1cccnc1. The van der Waals surface area contributed by atoms with Crippen LogP contribution in [0.3, 0.4) is 0 Å². The highest BCUT2D eigenvalue weighted by molar-refractivity contribution is 5.12. The highest BCUT2D eigenvalue weighted by atomic mass is 16.5. The first kappa shape index (κ1) is 10.2. The highest BCUT2D eigenvalue weighted by Gasteiger charge is 2.02. The molecule has 1 heterocycles. The van der Waals surface area contributed by atoms with Gasteiger partial charge in [-0.05, 0) is 18.6 Å². The second-order valence-electron chi connectivity index (χ2n) is 2.95. The molecule has 1 unspecified atom stereocenters. The molecule has 0 bridgehead atoms. The molecule has 72 valence electrons. The Morgan fingerprint density at radius 1 is 1.62 bits per heavy atom. The maximum absolute atomic E-state index is 4.95. The van der Waals surface area contributed by atoms with E-state index < -0.39 is 0 Å². The van der Waals surface area contributed by atoms with Crippen LogP contribution in [0.5, 0.6) is 0 Å². The lowest BCUT2D eigenvalue weighted by molar-refractivity contribution is 0.196. The fourth-order valence-corrected chi connectivity index (χ4v) is 1.13. The largest absolute Gasteiger partial charge is 0.383 e. The number of aromatic nitrogens is 1. The number of pyridine rings is 1. The lowest BCUT2D eigenvalue weighted by Crippen LogP contribution is -2.22. The molecule has 0 aliphatic rings. The van der Waals surface area contributed by atoms with Gasteiger partial charge in [-0.25, -0.2) is 0 Å². The average Bonchev–Trinajstić information content (AvgIpc) is 2.19. The molecular formula is C10H16N2O. The lowest BCUT2D eigenvalue weighted by Gasteiger charge is -2.12. The van der Waals surface area contributed by atoms with Crippen molar-refractivity contribution in [2.75, 3.05) is 20.3 Å². The highest BCUT2D eigenvalue weighted by Crippen LogP contribution is 2.08. The van der Waals surface area contributed by atoms with E-state index in [0.717, 1.165) is 13.2 Å². The van der Waals surface area contributed by atoms with Gasteiger partial charge in [-0.2, -0.15) is 0 Å². The quantitative estimate of drug-likeness (QED) is 0.695. The first-order valence-corrected chi connectivity index (χ1v) is 4.47. The molecule has 0 amide bonds. The number of hydrogen-bond donors (Lipinski definition) is 1. The Bertz CT molecular complexity index is 226. The smallest absolute Gasteiger partial charge is 0.0587 e. The van der Waals surface area contributed by atoms with E-state index in [-0.39, 0.29) is 0 Å². The fourth-order valence-electron chi connectivity index (χ4n) is 1.13. The minimum atomic E-state index is 0.337. The number of methoxy groups -OCH3 is 1. The Morgan fingerprint density at radius 2 is 2.46 bits per heavy atom. The van der Waals surface area contributed by atoms with E-state index in [4.69, 9.17) is 4.74 Å². The van der Waals surface area contributed by atoms with E-state index in [1.165, 1.54) is 5.56 Å². The molecule has 3 heteroatoms. The summed E-state index contributed by atoms with van der Waals surface area (Å²) in [6, 6.07) is 4.35. The first-order chi connectivity index (χ1) is 6.34. The van der Waals surface area contributed by atoms with E-state index in [1.54, 1.807) is 13.3 Å². The van der Waals surface area contributed by atoms with E-state index in [9.17, 15) is 0 Å². The molecule has 0 aromatic carbocycles. The Morgan fingerprint density at radius 3 is 3.08 bits per heavy atom. The van der Waals surface area contributed by atoms with Crippen LogP contribution in [-0.4, -0.2) is 25.2 Å². The van der Waals surface area contributed by atoms with Gasteiger partial charge in [0.05, 0.1) is 6.61 Å². The monoisotopic (exact) mass is 180 g/mol. The van der Waals surface area contributed by atoms with Crippen molar-refractivity contribution in [1.29, 1.82) is 0 Å². The van der Waals surface area contributed by atoms with Crippen molar-refractivity contribution >= 4 is 0 Å². The standard InChI is InChI=1S/C10H16N2O/c1-9(12-6-7-13-2)10-4-3-5-11-8-10/h3-5,8-9,12H,6-7H2,1-2H3. The maximum Gasteiger partial charge on any atom is 0.0587 e.